The van der Waals surface area contributed by atoms with E-state index in [4.69, 9.17) is 32.7 Å². The van der Waals surface area contributed by atoms with E-state index in [1.165, 1.54) is 12.1 Å². The lowest BCUT2D eigenvalue weighted by Crippen LogP contribution is -2.17. The number of hydrogen-bond acceptors (Lipinski definition) is 3. The van der Waals surface area contributed by atoms with Crippen molar-refractivity contribution in [1.29, 1.82) is 0 Å². The molecule has 0 amide bonds. The predicted octanol–water partition coefficient (Wildman–Crippen LogP) is 6.44. The van der Waals surface area contributed by atoms with Gasteiger partial charge in [-0.3, -0.25) is 0 Å². The first-order valence-corrected chi connectivity index (χ1v) is 10.6. The Morgan fingerprint density at radius 1 is 0.933 bits per heavy atom. The molecule has 3 rings (SSSR count). The lowest BCUT2D eigenvalue weighted by atomic mass is 10.1. The molecule has 0 saturated carbocycles. The lowest BCUT2D eigenvalue weighted by Gasteiger charge is -2.17. The van der Waals surface area contributed by atoms with Crippen molar-refractivity contribution in [3.63, 3.8) is 0 Å². The van der Waals surface area contributed by atoms with Gasteiger partial charge in [0.05, 0.1) is 6.61 Å². The number of benzene rings is 3. The molecule has 0 unspecified atom stereocenters. The highest BCUT2D eigenvalue weighted by Crippen LogP contribution is 2.33. The molecule has 0 heterocycles. The van der Waals surface area contributed by atoms with Gasteiger partial charge in [-0.25, -0.2) is 4.39 Å². The topological polar surface area (TPSA) is 30.5 Å². The molecule has 3 aromatic rings. The molecule has 158 valence electrons. The second-order valence-corrected chi connectivity index (χ2v) is 7.60. The zero-order valence-electron chi connectivity index (χ0n) is 16.8. The summed E-state index contributed by atoms with van der Waals surface area (Å²) in [4.78, 5) is 0. The van der Waals surface area contributed by atoms with E-state index in [0.717, 1.165) is 29.7 Å². The molecule has 0 fully saturated rings. The van der Waals surface area contributed by atoms with Gasteiger partial charge >= 0.3 is 0 Å². The van der Waals surface area contributed by atoms with Gasteiger partial charge < -0.3 is 14.8 Å². The van der Waals surface area contributed by atoms with Crippen molar-refractivity contribution in [2.75, 3.05) is 13.2 Å². The van der Waals surface area contributed by atoms with Gasteiger partial charge in [0, 0.05) is 27.7 Å². The standard InChI is InChI=1S/C24H24Cl2FNO2/c1-2-29-23-5-3-4-18(15-28-13-12-17-6-10-21(27)11-7-17)24(23)30-16-19-8-9-20(25)14-22(19)26/h3-11,14,28H,2,12-13,15-16H2,1H3. The largest absolute Gasteiger partial charge is 0.490 e. The molecule has 3 aromatic carbocycles. The summed E-state index contributed by atoms with van der Waals surface area (Å²) in [5.74, 6) is 1.17. The Balaban J connectivity index is 1.65. The molecule has 30 heavy (non-hydrogen) atoms. The minimum absolute atomic E-state index is 0.220. The minimum Gasteiger partial charge on any atom is -0.490 e. The number of rotatable bonds is 10. The van der Waals surface area contributed by atoms with Gasteiger partial charge in [0.25, 0.3) is 0 Å². The molecular formula is C24H24Cl2FNO2. The third-order valence-corrected chi connectivity index (χ3v) is 5.15. The van der Waals surface area contributed by atoms with Gasteiger partial charge in [0.2, 0.25) is 0 Å². The van der Waals surface area contributed by atoms with Crippen molar-refractivity contribution in [2.24, 2.45) is 0 Å². The molecule has 0 aliphatic rings. The molecule has 3 nitrogen and oxygen atoms in total. The zero-order chi connectivity index (χ0) is 21.3. The summed E-state index contributed by atoms with van der Waals surface area (Å²) in [5, 5.41) is 4.57. The summed E-state index contributed by atoms with van der Waals surface area (Å²) in [7, 11) is 0. The normalized spacial score (nSPS) is 10.8. The predicted molar refractivity (Wildman–Crippen MR) is 120 cm³/mol. The Bertz CT molecular complexity index is 964. The molecule has 0 radical (unpaired) electrons. The fourth-order valence-corrected chi connectivity index (χ4v) is 3.49. The molecule has 0 aromatic heterocycles. The van der Waals surface area contributed by atoms with Crippen molar-refractivity contribution >= 4 is 23.2 Å². The van der Waals surface area contributed by atoms with Crippen LogP contribution in [-0.2, 0) is 19.6 Å². The number of halogens is 3. The monoisotopic (exact) mass is 447 g/mol. The molecule has 6 heteroatoms. The summed E-state index contributed by atoms with van der Waals surface area (Å²) in [6, 6.07) is 17.8. The Hall–Kier alpha value is -2.27. The summed E-state index contributed by atoms with van der Waals surface area (Å²) >= 11 is 12.3. The number of hydrogen-bond donors (Lipinski definition) is 1. The molecule has 0 spiro atoms. The maximum absolute atomic E-state index is 13.0. The SMILES string of the molecule is CCOc1cccc(CNCCc2ccc(F)cc2)c1OCc1ccc(Cl)cc1Cl. The molecule has 0 aliphatic carbocycles. The van der Waals surface area contributed by atoms with E-state index >= 15 is 0 Å². The Labute approximate surface area is 186 Å². The van der Waals surface area contributed by atoms with E-state index in [-0.39, 0.29) is 5.82 Å². The smallest absolute Gasteiger partial charge is 0.166 e. The Morgan fingerprint density at radius 2 is 1.73 bits per heavy atom. The first kappa shape index (κ1) is 22.4. The number of nitrogens with one attached hydrogen (secondary N) is 1. The van der Waals surface area contributed by atoms with E-state index in [1.54, 1.807) is 24.3 Å². The van der Waals surface area contributed by atoms with Gasteiger partial charge in [-0.15, -0.1) is 0 Å². The molecular weight excluding hydrogens is 424 g/mol. The fourth-order valence-electron chi connectivity index (χ4n) is 3.03. The second kappa shape index (κ2) is 11.2. The molecule has 0 aliphatic heterocycles. The lowest BCUT2D eigenvalue weighted by molar-refractivity contribution is 0.266. The summed E-state index contributed by atoms with van der Waals surface area (Å²) in [6.07, 6.45) is 0.808. The van der Waals surface area contributed by atoms with E-state index in [9.17, 15) is 4.39 Å². The summed E-state index contributed by atoms with van der Waals surface area (Å²) in [5.41, 5.74) is 2.92. The molecule has 0 atom stereocenters. The molecule has 1 N–H and O–H groups in total. The highest BCUT2D eigenvalue weighted by atomic mass is 35.5. The minimum atomic E-state index is -0.220. The Kier molecular flexibility index (Phi) is 8.38. The highest BCUT2D eigenvalue weighted by molar-refractivity contribution is 6.35. The van der Waals surface area contributed by atoms with E-state index in [2.05, 4.69) is 5.32 Å². The maximum Gasteiger partial charge on any atom is 0.166 e. The number of ether oxygens (including phenoxy) is 2. The fraction of sp³-hybridized carbons (Fsp3) is 0.250. The van der Waals surface area contributed by atoms with Crippen LogP contribution in [0.4, 0.5) is 4.39 Å². The zero-order valence-corrected chi connectivity index (χ0v) is 18.3. The molecule has 0 saturated heterocycles. The van der Waals surface area contributed by atoms with Gasteiger partial charge in [0.1, 0.15) is 12.4 Å². The van der Waals surface area contributed by atoms with Gasteiger partial charge in [-0.1, -0.05) is 53.5 Å². The first-order valence-electron chi connectivity index (χ1n) is 9.83. The van der Waals surface area contributed by atoms with E-state index in [0.29, 0.717) is 41.3 Å². The van der Waals surface area contributed by atoms with Crippen LogP contribution in [-0.4, -0.2) is 13.2 Å². The number of para-hydroxylation sites is 1. The third-order valence-electron chi connectivity index (χ3n) is 4.57. The third kappa shape index (κ3) is 6.36. The van der Waals surface area contributed by atoms with Gasteiger partial charge in [-0.2, -0.15) is 0 Å². The van der Waals surface area contributed by atoms with Crippen LogP contribution < -0.4 is 14.8 Å². The van der Waals surface area contributed by atoms with Crippen LogP contribution in [0, 0.1) is 5.82 Å². The van der Waals surface area contributed by atoms with Crippen molar-refractivity contribution in [3.8, 4) is 11.5 Å². The van der Waals surface area contributed by atoms with Crippen LogP contribution in [0.15, 0.2) is 60.7 Å². The highest BCUT2D eigenvalue weighted by Gasteiger charge is 2.12. The van der Waals surface area contributed by atoms with E-state index in [1.807, 2.05) is 31.2 Å². The average molecular weight is 448 g/mol. The molecule has 0 bridgehead atoms. The van der Waals surface area contributed by atoms with Crippen molar-refractivity contribution < 1.29 is 13.9 Å². The van der Waals surface area contributed by atoms with Crippen LogP contribution in [0.2, 0.25) is 10.0 Å². The van der Waals surface area contributed by atoms with Crippen LogP contribution in [0.3, 0.4) is 0 Å². The Morgan fingerprint density at radius 3 is 2.47 bits per heavy atom. The quantitative estimate of drug-likeness (QED) is 0.362. The van der Waals surface area contributed by atoms with Crippen LogP contribution in [0.1, 0.15) is 23.6 Å². The summed E-state index contributed by atoms with van der Waals surface area (Å²) in [6.45, 7) is 4.16. The summed E-state index contributed by atoms with van der Waals surface area (Å²) < 4.78 is 24.9. The van der Waals surface area contributed by atoms with Gasteiger partial charge in [0.15, 0.2) is 11.5 Å². The second-order valence-electron chi connectivity index (χ2n) is 6.76. The van der Waals surface area contributed by atoms with Gasteiger partial charge in [-0.05, 0) is 55.8 Å². The van der Waals surface area contributed by atoms with Crippen molar-refractivity contribution in [2.45, 2.75) is 26.5 Å². The van der Waals surface area contributed by atoms with Crippen LogP contribution in [0.25, 0.3) is 0 Å². The average Bonchev–Trinajstić information content (AvgIpc) is 2.73. The van der Waals surface area contributed by atoms with Crippen molar-refractivity contribution in [3.05, 3.63) is 93.2 Å². The van der Waals surface area contributed by atoms with Crippen molar-refractivity contribution in [1.82, 2.24) is 5.32 Å². The van der Waals surface area contributed by atoms with Crippen LogP contribution in [0.5, 0.6) is 11.5 Å². The maximum atomic E-state index is 13.0. The first-order chi connectivity index (χ1) is 14.6. The van der Waals surface area contributed by atoms with E-state index < -0.39 is 0 Å². The van der Waals surface area contributed by atoms with Crippen LogP contribution >= 0.6 is 23.2 Å².